The van der Waals surface area contributed by atoms with Crippen LogP contribution in [0.25, 0.3) is 0 Å². The summed E-state index contributed by atoms with van der Waals surface area (Å²) in [4.78, 5) is 12.1. The second-order valence-corrected chi connectivity index (χ2v) is 8.00. The molecule has 0 radical (unpaired) electrons. The Bertz CT molecular complexity index is 841. The highest BCUT2D eigenvalue weighted by Crippen LogP contribution is 2.22. The van der Waals surface area contributed by atoms with Crippen LogP contribution in [-0.2, 0) is 14.8 Å². The summed E-state index contributed by atoms with van der Waals surface area (Å²) in [5, 5.41) is 2.88. The van der Waals surface area contributed by atoms with Gasteiger partial charge in [0.25, 0.3) is 0 Å². The van der Waals surface area contributed by atoms with Gasteiger partial charge >= 0.3 is 0 Å². The molecular weight excluding hydrogens is 355 g/mol. The van der Waals surface area contributed by atoms with Crippen molar-refractivity contribution in [2.24, 2.45) is 0 Å². The Labute approximate surface area is 153 Å². The van der Waals surface area contributed by atoms with E-state index in [2.05, 4.69) is 5.32 Å². The van der Waals surface area contributed by atoms with Crippen molar-refractivity contribution in [3.8, 4) is 0 Å². The van der Waals surface area contributed by atoms with Gasteiger partial charge in [-0.3, -0.25) is 9.10 Å². The Kier molecular flexibility index (Phi) is 6.74. The lowest BCUT2D eigenvalue weighted by atomic mass is 10.1. The molecule has 1 atom stereocenters. The topological polar surface area (TPSA) is 66.5 Å². The molecule has 2 aromatic rings. The second-order valence-electron chi connectivity index (χ2n) is 6.09. The first kappa shape index (κ1) is 19.9. The van der Waals surface area contributed by atoms with Gasteiger partial charge in [-0.1, -0.05) is 42.5 Å². The predicted octanol–water partition coefficient (Wildman–Crippen LogP) is 3.25. The molecule has 0 aromatic heterocycles. The van der Waals surface area contributed by atoms with Crippen LogP contribution in [0.1, 0.15) is 31.4 Å². The number of rotatable bonds is 8. The second kappa shape index (κ2) is 8.80. The molecule has 140 valence electrons. The summed E-state index contributed by atoms with van der Waals surface area (Å²) in [7, 11) is -3.64. The van der Waals surface area contributed by atoms with Crippen LogP contribution in [-0.4, -0.2) is 27.1 Å². The fraction of sp³-hybridized carbons (Fsp3) is 0.316. The van der Waals surface area contributed by atoms with E-state index in [0.29, 0.717) is 0 Å². The van der Waals surface area contributed by atoms with Gasteiger partial charge in [0.05, 0.1) is 18.0 Å². The molecule has 5 nitrogen and oxygen atoms in total. The number of sulfonamides is 1. The van der Waals surface area contributed by atoms with Gasteiger partial charge in [-0.2, -0.15) is 0 Å². The molecule has 7 heteroatoms. The Morgan fingerprint density at radius 2 is 1.73 bits per heavy atom. The molecule has 0 unspecified atom stereocenters. The lowest BCUT2D eigenvalue weighted by Crippen LogP contribution is -2.33. The van der Waals surface area contributed by atoms with Crippen LogP contribution in [0.4, 0.5) is 10.1 Å². The maximum Gasteiger partial charge on any atom is 0.232 e. The fourth-order valence-electron chi connectivity index (χ4n) is 2.64. The number of anilines is 1. The lowest BCUT2D eigenvalue weighted by molar-refractivity contribution is -0.121. The first-order valence-corrected chi connectivity index (χ1v) is 10.2. The highest BCUT2D eigenvalue weighted by molar-refractivity contribution is 7.92. The standard InChI is InChI=1S/C19H23FN2O3S/c1-15(16-9-4-3-5-10-16)21-19(23)13-8-14-22(26(2,24)25)18-12-7-6-11-17(18)20/h3-7,9-12,15H,8,13-14H2,1-2H3,(H,21,23)/t15-/m0/s1. The number of carbonyl (C=O) groups excluding carboxylic acids is 1. The van der Waals surface area contributed by atoms with Gasteiger partial charge in [-0.05, 0) is 31.0 Å². The molecule has 1 N–H and O–H groups in total. The average molecular weight is 378 g/mol. The van der Waals surface area contributed by atoms with Crippen molar-refractivity contribution in [2.75, 3.05) is 17.1 Å². The van der Waals surface area contributed by atoms with Crippen LogP contribution in [0.2, 0.25) is 0 Å². The molecule has 0 aliphatic heterocycles. The maximum atomic E-state index is 13.9. The van der Waals surface area contributed by atoms with E-state index >= 15 is 0 Å². The van der Waals surface area contributed by atoms with E-state index in [1.54, 1.807) is 6.07 Å². The molecule has 0 saturated carbocycles. The zero-order valence-corrected chi connectivity index (χ0v) is 15.7. The minimum absolute atomic E-state index is 0.00642. The van der Waals surface area contributed by atoms with E-state index in [-0.39, 0.29) is 37.0 Å². The van der Waals surface area contributed by atoms with E-state index in [1.165, 1.54) is 18.2 Å². The van der Waals surface area contributed by atoms with Gasteiger partial charge < -0.3 is 5.32 Å². The highest BCUT2D eigenvalue weighted by Gasteiger charge is 2.20. The summed E-state index contributed by atoms with van der Waals surface area (Å²) in [6, 6.07) is 15.1. The first-order chi connectivity index (χ1) is 12.3. The summed E-state index contributed by atoms with van der Waals surface area (Å²) in [5.74, 6) is -0.789. The summed E-state index contributed by atoms with van der Waals surface area (Å²) in [5.41, 5.74) is 0.984. The third-order valence-electron chi connectivity index (χ3n) is 3.96. The minimum atomic E-state index is -3.64. The van der Waals surface area contributed by atoms with Crippen LogP contribution in [0.5, 0.6) is 0 Å². The van der Waals surface area contributed by atoms with Crippen LogP contribution in [0, 0.1) is 5.82 Å². The van der Waals surface area contributed by atoms with Gasteiger partial charge in [0.1, 0.15) is 5.82 Å². The number of para-hydroxylation sites is 1. The largest absolute Gasteiger partial charge is 0.350 e. The van der Waals surface area contributed by atoms with Crippen LogP contribution in [0.15, 0.2) is 54.6 Å². The number of benzene rings is 2. The SMILES string of the molecule is C[C@H](NC(=O)CCCN(c1ccccc1F)S(C)(=O)=O)c1ccccc1. The molecule has 0 aliphatic rings. The van der Waals surface area contributed by atoms with Gasteiger partial charge in [0.15, 0.2) is 0 Å². The minimum Gasteiger partial charge on any atom is -0.350 e. The predicted molar refractivity (Wildman–Crippen MR) is 101 cm³/mol. The summed E-state index contributed by atoms with van der Waals surface area (Å²) < 4.78 is 38.9. The van der Waals surface area contributed by atoms with Crippen molar-refractivity contribution in [1.82, 2.24) is 5.32 Å². The molecule has 1 amide bonds. The fourth-order valence-corrected chi connectivity index (χ4v) is 3.61. The van der Waals surface area contributed by atoms with Crippen molar-refractivity contribution in [3.05, 3.63) is 66.0 Å². The molecule has 0 heterocycles. The monoisotopic (exact) mass is 378 g/mol. The zero-order chi connectivity index (χ0) is 19.2. The molecule has 0 spiro atoms. The summed E-state index contributed by atoms with van der Waals surface area (Å²) >= 11 is 0. The van der Waals surface area contributed by atoms with E-state index in [9.17, 15) is 17.6 Å². The van der Waals surface area contributed by atoms with Crippen LogP contribution in [0.3, 0.4) is 0 Å². The number of amides is 1. The molecule has 0 aliphatic carbocycles. The number of halogens is 1. The third kappa shape index (κ3) is 5.56. The molecular formula is C19H23FN2O3S. The zero-order valence-electron chi connectivity index (χ0n) is 14.9. The van der Waals surface area contributed by atoms with E-state index in [1.807, 2.05) is 37.3 Å². The smallest absolute Gasteiger partial charge is 0.232 e. The normalized spacial score (nSPS) is 12.4. The molecule has 0 fully saturated rings. The van der Waals surface area contributed by atoms with Crippen molar-refractivity contribution in [2.45, 2.75) is 25.8 Å². The number of nitrogens with one attached hydrogen (secondary N) is 1. The van der Waals surface area contributed by atoms with Crippen LogP contribution < -0.4 is 9.62 Å². The maximum absolute atomic E-state index is 13.9. The Hall–Kier alpha value is -2.41. The lowest BCUT2D eigenvalue weighted by Gasteiger charge is -2.23. The van der Waals surface area contributed by atoms with Crippen molar-refractivity contribution in [3.63, 3.8) is 0 Å². The molecule has 2 aromatic carbocycles. The summed E-state index contributed by atoms with van der Waals surface area (Å²) in [6.45, 7) is 1.92. The molecule has 0 saturated heterocycles. The van der Waals surface area contributed by atoms with E-state index in [0.717, 1.165) is 16.1 Å². The first-order valence-electron chi connectivity index (χ1n) is 8.35. The number of nitrogens with zero attached hydrogens (tertiary/aromatic N) is 1. The van der Waals surface area contributed by atoms with Crippen molar-refractivity contribution >= 4 is 21.6 Å². The van der Waals surface area contributed by atoms with E-state index < -0.39 is 15.8 Å². The molecule has 2 rings (SSSR count). The average Bonchev–Trinajstić information content (AvgIpc) is 2.59. The Balaban J connectivity index is 1.93. The Morgan fingerprint density at radius 1 is 1.12 bits per heavy atom. The Morgan fingerprint density at radius 3 is 2.35 bits per heavy atom. The highest BCUT2D eigenvalue weighted by atomic mass is 32.2. The third-order valence-corrected chi connectivity index (χ3v) is 5.14. The van der Waals surface area contributed by atoms with Crippen LogP contribution >= 0.6 is 0 Å². The van der Waals surface area contributed by atoms with Gasteiger partial charge in [0.2, 0.25) is 15.9 Å². The van der Waals surface area contributed by atoms with Gasteiger partial charge in [-0.25, -0.2) is 12.8 Å². The van der Waals surface area contributed by atoms with E-state index in [4.69, 9.17) is 0 Å². The van der Waals surface area contributed by atoms with Crippen molar-refractivity contribution < 1.29 is 17.6 Å². The van der Waals surface area contributed by atoms with Gasteiger partial charge in [0, 0.05) is 13.0 Å². The molecule has 26 heavy (non-hydrogen) atoms. The number of hydrogen-bond acceptors (Lipinski definition) is 3. The summed E-state index contributed by atoms with van der Waals surface area (Å²) in [6.07, 6.45) is 1.46. The number of carbonyl (C=O) groups is 1. The molecule has 0 bridgehead atoms. The van der Waals surface area contributed by atoms with Gasteiger partial charge in [-0.15, -0.1) is 0 Å². The number of hydrogen-bond donors (Lipinski definition) is 1. The quantitative estimate of drug-likeness (QED) is 0.767. The van der Waals surface area contributed by atoms with Crippen molar-refractivity contribution in [1.29, 1.82) is 0 Å².